The second-order valence-corrected chi connectivity index (χ2v) is 13.7. The molecule has 1 aliphatic carbocycles. The molecule has 2 aromatic carbocycles. The fourth-order valence-corrected chi connectivity index (χ4v) is 9.76. The Bertz CT molecular complexity index is 840. The number of halogens is 3. The van der Waals surface area contributed by atoms with Crippen LogP contribution in [0.25, 0.3) is 11.1 Å². The summed E-state index contributed by atoms with van der Waals surface area (Å²) in [4.78, 5) is 0. The van der Waals surface area contributed by atoms with Crippen LogP contribution in [0.15, 0.2) is 36.4 Å². The van der Waals surface area contributed by atoms with Crippen LogP contribution >= 0.6 is 0 Å². The van der Waals surface area contributed by atoms with Crippen molar-refractivity contribution in [2.45, 2.75) is 88.8 Å². The van der Waals surface area contributed by atoms with Crippen LogP contribution in [0, 0.1) is 29.3 Å². The Morgan fingerprint density at radius 3 is 1.94 bits per heavy atom. The van der Waals surface area contributed by atoms with Gasteiger partial charge in [0.05, 0.1) is 0 Å². The Morgan fingerprint density at radius 1 is 0.750 bits per heavy atom. The predicted molar refractivity (Wildman–Crippen MR) is 130 cm³/mol. The van der Waals surface area contributed by atoms with Crippen molar-refractivity contribution in [3.63, 3.8) is 0 Å². The largest absolute Gasteiger partial charge is 0.204 e. The summed E-state index contributed by atoms with van der Waals surface area (Å²) in [5.41, 5.74) is 2.42. The molecule has 0 nitrogen and oxygen atoms in total. The lowest BCUT2D eigenvalue weighted by molar-refractivity contribution is 0.216. The third-order valence-electron chi connectivity index (χ3n) is 8.25. The molecule has 1 heterocycles. The van der Waals surface area contributed by atoms with Crippen molar-refractivity contribution in [2.24, 2.45) is 11.8 Å². The number of hydrogen-bond acceptors (Lipinski definition) is 0. The Kier molecular flexibility index (Phi) is 8.15. The highest BCUT2D eigenvalue weighted by atomic mass is 28.3. The minimum Gasteiger partial charge on any atom is -0.204 e. The zero-order chi connectivity index (χ0) is 22.5. The van der Waals surface area contributed by atoms with Crippen LogP contribution in [0.4, 0.5) is 13.2 Å². The maximum Gasteiger partial charge on any atom is 0.194 e. The van der Waals surface area contributed by atoms with Crippen LogP contribution < -0.4 is 0 Å². The van der Waals surface area contributed by atoms with E-state index in [4.69, 9.17) is 0 Å². The predicted octanol–water partition coefficient (Wildman–Crippen LogP) is 8.87. The minimum atomic E-state index is -1.41. The van der Waals surface area contributed by atoms with Crippen molar-refractivity contribution in [1.29, 1.82) is 0 Å². The molecular weight excluding hydrogens is 421 g/mol. The maximum absolute atomic E-state index is 13.6. The number of rotatable bonds is 7. The number of benzene rings is 2. The SMILES string of the molecule is CCCCC[Si@H]1CC[C@H]([C@H]2CC[C@H](c3ccc(-c4cc(F)c(F)c(F)c4)cc3)CC2)CC1. The molecular formula is C28H37F3Si. The van der Waals surface area contributed by atoms with E-state index >= 15 is 0 Å². The molecule has 0 bridgehead atoms. The van der Waals surface area contributed by atoms with Gasteiger partial charge in [0, 0.05) is 8.80 Å². The average Bonchev–Trinajstić information content (AvgIpc) is 2.83. The molecule has 1 aliphatic heterocycles. The van der Waals surface area contributed by atoms with Crippen LogP contribution in [0.1, 0.15) is 76.2 Å². The monoisotopic (exact) mass is 458 g/mol. The lowest BCUT2D eigenvalue weighted by atomic mass is 9.72. The van der Waals surface area contributed by atoms with E-state index in [1.807, 2.05) is 12.1 Å². The van der Waals surface area contributed by atoms with Gasteiger partial charge in [0.1, 0.15) is 0 Å². The highest BCUT2D eigenvalue weighted by molar-refractivity contribution is 6.58. The molecule has 0 N–H and O–H groups in total. The van der Waals surface area contributed by atoms with Crippen LogP contribution in [0.2, 0.25) is 18.1 Å². The van der Waals surface area contributed by atoms with Crippen molar-refractivity contribution < 1.29 is 13.2 Å². The van der Waals surface area contributed by atoms with E-state index in [1.54, 1.807) is 18.1 Å². The van der Waals surface area contributed by atoms with Gasteiger partial charge in [0.2, 0.25) is 0 Å². The molecule has 0 amide bonds. The minimum absolute atomic E-state index is 0.380. The number of hydrogen-bond donors (Lipinski definition) is 0. The van der Waals surface area contributed by atoms with Crippen molar-refractivity contribution >= 4 is 8.80 Å². The molecule has 0 atom stereocenters. The molecule has 0 spiro atoms. The summed E-state index contributed by atoms with van der Waals surface area (Å²) in [7, 11) is -0.420. The first kappa shape index (κ1) is 23.6. The molecule has 1 saturated heterocycles. The quantitative estimate of drug-likeness (QED) is 0.221. The molecule has 174 valence electrons. The Morgan fingerprint density at radius 2 is 1.34 bits per heavy atom. The summed E-state index contributed by atoms with van der Waals surface area (Å²) in [5.74, 6) is -1.21. The Balaban J connectivity index is 1.28. The maximum atomic E-state index is 13.6. The molecule has 4 rings (SSSR count). The average molecular weight is 459 g/mol. The first-order valence-electron chi connectivity index (χ1n) is 12.8. The van der Waals surface area contributed by atoms with Gasteiger partial charge >= 0.3 is 0 Å². The van der Waals surface area contributed by atoms with Gasteiger partial charge in [-0.1, -0.05) is 81.4 Å². The summed E-state index contributed by atoms with van der Waals surface area (Å²) in [5, 5.41) is 0. The van der Waals surface area contributed by atoms with Gasteiger partial charge in [0.25, 0.3) is 0 Å². The summed E-state index contributed by atoms with van der Waals surface area (Å²) in [6.07, 6.45) is 12.4. The van der Waals surface area contributed by atoms with Crippen LogP contribution in [-0.2, 0) is 0 Å². The van der Waals surface area contributed by atoms with E-state index in [2.05, 4.69) is 19.1 Å². The molecule has 1 saturated carbocycles. The van der Waals surface area contributed by atoms with Gasteiger partial charge in [-0.3, -0.25) is 0 Å². The van der Waals surface area contributed by atoms with E-state index < -0.39 is 26.2 Å². The normalized spacial score (nSPS) is 26.2. The van der Waals surface area contributed by atoms with Gasteiger partial charge in [0.15, 0.2) is 17.5 Å². The van der Waals surface area contributed by atoms with Crippen LogP contribution in [0.3, 0.4) is 0 Å². The fraction of sp³-hybridized carbons (Fsp3) is 0.571. The van der Waals surface area contributed by atoms with Crippen LogP contribution in [0.5, 0.6) is 0 Å². The van der Waals surface area contributed by atoms with Crippen molar-refractivity contribution in [1.82, 2.24) is 0 Å². The summed E-state index contributed by atoms with van der Waals surface area (Å²) in [6, 6.07) is 14.9. The molecule has 0 radical (unpaired) electrons. The molecule has 2 fully saturated rings. The lowest BCUT2D eigenvalue weighted by Gasteiger charge is -2.37. The third-order valence-corrected chi connectivity index (χ3v) is 11.8. The second kappa shape index (κ2) is 11.0. The standard InChI is InChI=1S/C28H37F3Si/c1-2-3-4-15-32-16-13-24(14-17-32)22-7-5-20(6-8-22)21-9-11-23(12-10-21)25-18-26(29)28(31)27(30)19-25/h9-12,18-20,22,24,32H,2-8,13-17H2,1H3/t20-,22-,24-,32-. The number of unbranched alkanes of at least 4 members (excludes halogenated alkanes) is 2. The lowest BCUT2D eigenvalue weighted by Crippen LogP contribution is -2.28. The second-order valence-electron chi connectivity index (χ2n) is 10.3. The highest BCUT2D eigenvalue weighted by Crippen LogP contribution is 2.44. The van der Waals surface area contributed by atoms with E-state index in [-0.39, 0.29) is 0 Å². The zero-order valence-corrected chi connectivity index (χ0v) is 20.5. The van der Waals surface area contributed by atoms with Gasteiger partial charge in [-0.2, -0.15) is 0 Å². The Labute approximate surface area is 193 Å². The topological polar surface area (TPSA) is 0 Å². The summed E-state index contributed by atoms with van der Waals surface area (Å²) in [6.45, 7) is 2.30. The molecule has 4 heteroatoms. The smallest absolute Gasteiger partial charge is 0.194 e. The zero-order valence-electron chi connectivity index (χ0n) is 19.4. The highest BCUT2D eigenvalue weighted by Gasteiger charge is 2.31. The van der Waals surface area contributed by atoms with Gasteiger partial charge < -0.3 is 0 Å². The first-order valence-corrected chi connectivity index (χ1v) is 15.2. The molecule has 0 unspecified atom stereocenters. The van der Waals surface area contributed by atoms with E-state index in [9.17, 15) is 13.2 Å². The first-order chi connectivity index (χ1) is 15.5. The summed E-state index contributed by atoms with van der Waals surface area (Å²) < 4.78 is 40.4. The molecule has 32 heavy (non-hydrogen) atoms. The van der Waals surface area contributed by atoms with E-state index in [1.165, 1.54) is 63.4 Å². The molecule has 2 aliphatic rings. The van der Waals surface area contributed by atoms with Gasteiger partial charge in [-0.15, -0.1) is 0 Å². The van der Waals surface area contributed by atoms with Crippen LogP contribution in [-0.4, -0.2) is 8.80 Å². The van der Waals surface area contributed by atoms with Crippen molar-refractivity contribution in [3.05, 3.63) is 59.4 Å². The van der Waals surface area contributed by atoms with E-state index in [0.29, 0.717) is 11.5 Å². The third kappa shape index (κ3) is 5.68. The summed E-state index contributed by atoms with van der Waals surface area (Å²) >= 11 is 0. The van der Waals surface area contributed by atoms with E-state index in [0.717, 1.165) is 29.5 Å². The molecule has 0 aromatic heterocycles. The fourth-order valence-electron chi connectivity index (χ4n) is 6.23. The Hall–Kier alpha value is -1.55. The van der Waals surface area contributed by atoms with Gasteiger partial charge in [-0.25, -0.2) is 13.2 Å². The van der Waals surface area contributed by atoms with Gasteiger partial charge in [-0.05, 0) is 72.3 Å². The van der Waals surface area contributed by atoms with Crippen molar-refractivity contribution in [2.75, 3.05) is 0 Å². The van der Waals surface area contributed by atoms with Crippen molar-refractivity contribution in [3.8, 4) is 11.1 Å². The molecule has 2 aromatic rings.